The number of carbonyl (C=O) groups excluding carboxylic acids is 2. The van der Waals surface area contributed by atoms with Gasteiger partial charge in [0.1, 0.15) is 12.1 Å². The predicted octanol–water partition coefficient (Wildman–Crippen LogP) is -0.590. The van der Waals surface area contributed by atoms with Crippen LogP contribution in [0.15, 0.2) is 0 Å². The van der Waals surface area contributed by atoms with Gasteiger partial charge in [-0.15, -0.1) is 4.28 Å². The van der Waals surface area contributed by atoms with Crippen LogP contribution in [-0.2, 0) is 24.3 Å². The van der Waals surface area contributed by atoms with Crippen molar-refractivity contribution in [3.05, 3.63) is 0 Å². The summed E-state index contributed by atoms with van der Waals surface area (Å²) in [6.07, 6.45) is 1.93. The number of fused-ring (bicyclic) bond motifs is 2. The normalized spacial score (nSPS) is 28.8. The smallest absolute Gasteiger partial charge is 0.325 e. The van der Waals surface area contributed by atoms with Crippen LogP contribution in [0.3, 0.4) is 0 Å². The van der Waals surface area contributed by atoms with Crippen molar-refractivity contribution in [3.8, 4) is 0 Å². The van der Waals surface area contributed by atoms with Gasteiger partial charge in [-0.1, -0.05) is 6.42 Å². The summed E-state index contributed by atoms with van der Waals surface area (Å²) in [7, 11) is -5.19. The molecule has 0 aromatic rings. The molecule has 0 aromatic carbocycles. The van der Waals surface area contributed by atoms with Gasteiger partial charge in [0.15, 0.2) is 0 Å². The predicted molar refractivity (Wildman–Crippen MR) is 83.1 cm³/mol. The molecule has 0 spiro atoms. The van der Waals surface area contributed by atoms with Gasteiger partial charge in [0.25, 0.3) is 11.8 Å². The summed E-state index contributed by atoms with van der Waals surface area (Å²) in [5, 5.41) is -0.129. The lowest BCUT2D eigenvalue weighted by Gasteiger charge is -2.35. The number of halogens is 2. The fourth-order valence-electron chi connectivity index (χ4n) is 3.37. The summed E-state index contributed by atoms with van der Waals surface area (Å²) in [6, 6.07) is -5.13. The first kappa shape index (κ1) is 20.1. The van der Waals surface area contributed by atoms with E-state index in [4.69, 9.17) is 15.1 Å². The summed E-state index contributed by atoms with van der Waals surface area (Å²) >= 11 is 0. The molecular formula is C13H20F2N4O7S. The summed E-state index contributed by atoms with van der Waals surface area (Å²) in [6.45, 7) is -0.658. The Morgan fingerprint density at radius 3 is 2.67 bits per heavy atom. The Morgan fingerprint density at radius 1 is 1.44 bits per heavy atom. The van der Waals surface area contributed by atoms with Crippen LogP contribution >= 0.6 is 0 Å². The molecule has 3 amide bonds. The van der Waals surface area contributed by atoms with Gasteiger partial charge in [-0.25, -0.2) is 19.1 Å². The van der Waals surface area contributed by atoms with Crippen molar-refractivity contribution in [1.29, 1.82) is 0 Å². The standard InChI is InChI=1S/C13H20F2N4O7S/c14-13(15)4-9(11(20)17-25-6-8(16)7-2-1-3-7)18-5-10(13)19(12(18)21)26-27(22,23)24/h7-10H,1-6,16H2,(H,17,20)(H,22,23,24). The van der Waals surface area contributed by atoms with E-state index in [1.165, 1.54) is 0 Å². The van der Waals surface area contributed by atoms with Gasteiger partial charge in [0.2, 0.25) is 0 Å². The first-order valence-corrected chi connectivity index (χ1v) is 9.68. The minimum atomic E-state index is -5.19. The third-order valence-electron chi connectivity index (χ3n) is 5.10. The van der Waals surface area contributed by atoms with Gasteiger partial charge >= 0.3 is 16.4 Å². The molecule has 3 fully saturated rings. The second-order valence-electron chi connectivity index (χ2n) is 6.89. The van der Waals surface area contributed by atoms with Crippen LogP contribution in [0.4, 0.5) is 13.6 Å². The maximum Gasteiger partial charge on any atom is 0.418 e. The van der Waals surface area contributed by atoms with Crippen LogP contribution < -0.4 is 11.2 Å². The highest BCUT2D eigenvalue weighted by Gasteiger charge is 2.62. The summed E-state index contributed by atoms with van der Waals surface area (Å²) < 4.78 is 62.8. The number of amides is 3. The van der Waals surface area contributed by atoms with E-state index in [-0.39, 0.29) is 23.6 Å². The zero-order valence-electron chi connectivity index (χ0n) is 14.1. The molecule has 1 saturated carbocycles. The van der Waals surface area contributed by atoms with Gasteiger partial charge in [0.05, 0.1) is 13.2 Å². The van der Waals surface area contributed by atoms with Gasteiger partial charge in [-0.3, -0.25) is 14.2 Å². The van der Waals surface area contributed by atoms with Crippen LogP contribution in [0.5, 0.6) is 0 Å². The third kappa shape index (κ3) is 4.13. The molecule has 1 aliphatic carbocycles. The summed E-state index contributed by atoms with van der Waals surface area (Å²) in [5.74, 6) is -4.33. The molecule has 3 rings (SSSR count). The monoisotopic (exact) mass is 414 g/mol. The van der Waals surface area contributed by atoms with Crippen molar-refractivity contribution in [2.75, 3.05) is 13.2 Å². The largest absolute Gasteiger partial charge is 0.418 e. The number of urea groups is 1. The molecule has 4 N–H and O–H groups in total. The zero-order chi connectivity index (χ0) is 20.0. The van der Waals surface area contributed by atoms with Crippen LogP contribution in [0.2, 0.25) is 0 Å². The Morgan fingerprint density at radius 2 is 2.11 bits per heavy atom. The van der Waals surface area contributed by atoms with Crippen molar-refractivity contribution >= 4 is 22.3 Å². The molecule has 3 atom stereocenters. The van der Waals surface area contributed by atoms with E-state index in [0.29, 0.717) is 0 Å². The molecule has 2 heterocycles. The van der Waals surface area contributed by atoms with Crippen molar-refractivity contribution in [2.45, 2.75) is 49.7 Å². The fourth-order valence-corrected chi connectivity index (χ4v) is 3.74. The lowest BCUT2D eigenvalue weighted by molar-refractivity contribution is -0.159. The number of hydrogen-bond acceptors (Lipinski definition) is 7. The SMILES string of the molecule is NC(CONC(=O)C1CC(F)(F)C2CN1C(=O)N2OS(=O)(=O)O)C1CCC1. The molecule has 27 heavy (non-hydrogen) atoms. The van der Waals surface area contributed by atoms with E-state index >= 15 is 0 Å². The minimum absolute atomic E-state index is 0.00587. The van der Waals surface area contributed by atoms with Crippen molar-refractivity contribution in [3.63, 3.8) is 0 Å². The average Bonchev–Trinajstić information content (AvgIpc) is 2.76. The van der Waals surface area contributed by atoms with E-state index in [0.717, 1.165) is 24.2 Å². The van der Waals surface area contributed by atoms with E-state index in [9.17, 15) is 26.8 Å². The number of nitrogens with two attached hydrogens (primary N) is 1. The fraction of sp³-hybridized carbons (Fsp3) is 0.846. The van der Waals surface area contributed by atoms with Crippen LogP contribution in [0.25, 0.3) is 0 Å². The number of nitrogens with zero attached hydrogens (tertiary/aromatic N) is 2. The van der Waals surface area contributed by atoms with E-state index in [1.54, 1.807) is 0 Å². The molecule has 2 aliphatic heterocycles. The van der Waals surface area contributed by atoms with Crippen molar-refractivity contribution < 1.29 is 40.5 Å². The van der Waals surface area contributed by atoms with E-state index < -0.39 is 53.3 Å². The summed E-state index contributed by atoms with van der Waals surface area (Å²) in [4.78, 5) is 30.1. The second kappa shape index (κ2) is 7.09. The Kier molecular flexibility index (Phi) is 5.28. The molecule has 0 aromatic heterocycles. The number of carbonyl (C=O) groups is 2. The Balaban J connectivity index is 1.62. The molecule has 154 valence electrons. The van der Waals surface area contributed by atoms with Gasteiger partial charge in [-0.05, 0) is 18.8 Å². The zero-order valence-corrected chi connectivity index (χ0v) is 14.9. The molecule has 14 heteroatoms. The number of hydroxylamine groups is 3. The number of nitrogens with one attached hydrogen (secondary N) is 1. The summed E-state index contributed by atoms with van der Waals surface area (Å²) in [5.41, 5.74) is 7.90. The number of rotatable bonds is 7. The molecule has 2 bridgehead atoms. The van der Waals surface area contributed by atoms with Crippen LogP contribution in [-0.4, -0.2) is 72.1 Å². The molecular weight excluding hydrogens is 394 g/mol. The van der Waals surface area contributed by atoms with Gasteiger partial charge < -0.3 is 10.6 Å². The first-order valence-electron chi connectivity index (χ1n) is 8.31. The van der Waals surface area contributed by atoms with Gasteiger partial charge in [-0.2, -0.15) is 13.5 Å². The third-order valence-corrected chi connectivity index (χ3v) is 5.45. The van der Waals surface area contributed by atoms with Gasteiger partial charge in [0, 0.05) is 12.5 Å². The quantitative estimate of drug-likeness (QED) is 0.369. The molecule has 0 radical (unpaired) electrons. The topological polar surface area (TPSA) is 151 Å². The van der Waals surface area contributed by atoms with Crippen LogP contribution in [0, 0.1) is 5.92 Å². The second-order valence-corrected chi connectivity index (χ2v) is 7.90. The Labute approximate surface area is 153 Å². The highest BCUT2D eigenvalue weighted by molar-refractivity contribution is 7.80. The maximum atomic E-state index is 14.3. The maximum absolute atomic E-state index is 14.3. The van der Waals surface area contributed by atoms with E-state index in [2.05, 4.69) is 4.28 Å². The number of piperidine rings is 1. The van der Waals surface area contributed by atoms with Crippen molar-refractivity contribution in [2.24, 2.45) is 11.7 Å². The molecule has 2 saturated heterocycles. The molecule has 3 unspecified atom stereocenters. The van der Waals surface area contributed by atoms with Crippen LogP contribution in [0.1, 0.15) is 25.7 Å². The molecule has 11 nitrogen and oxygen atoms in total. The lowest BCUT2D eigenvalue weighted by atomic mass is 9.80. The first-order chi connectivity index (χ1) is 12.5. The highest BCUT2D eigenvalue weighted by atomic mass is 32.3. The van der Waals surface area contributed by atoms with E-state index in [1.807, 2.05) is 5.48 Å². The minimum Gasteiger partial charge on any atom is -0.325 e. The number of hydrogen-bond donors (Lipinski definition) is 3. The average molecular weight is 414 g/mol. The van der Waals surface area contributed by atoms with Crippen molar-refractivity contribution in [1.82, 2.24) is 15.4 Å². The Hall–Kier alpha value is -1.61. The highest BCUT2D eigenvalue weighted by Crippen LogP contribution is 2.41. The number of alkyl halides is 2. The molecule has 3 aliphatic rings. The lowest BCUT2D eigenvalue weighted by Crippen LogP contribution is -2.56. The Bertz CT molecular complexity index is 717.